The number of carboxylic acids is 1. The quantitative estimate of drug-likeness (QED) is 0.597. The van der Waals surface area contributed by atoms with E-state index in [9.17, 15) is 18.0 Å². The summed E-state index contributed by atoms with van der Waals surface area (Å²) in [5.41, 5.74) is 5.36. The van der Waals surface area contributed by atoms with Gasteiger partial charge in [-0.2, -0.15) is 0 Å². The zero-order chi connectivity index (χ0) is 14.9. The second-order valence-corrected chi connectivity index (χ2v) is 3.95. The molecule has 0 bridgehead atoms. The minimum Gasteiger partial charge on any atom is -0.478 e. The molecule has 0 saturated carbocycles. The van der Waals surface area contributed by atoms with Gasteiger partial charge in [-0.15, -0.1) is 0 Å². The monoisotopic (exact) mass is 282 g/mol. The van der Waals surface area contributed by atoms with E-state index < -0.39 is 23.4 Å². The van der Waals surface area contributed by atoms with Gasteiger partial charge in [0, 0.05) is 17.8 Å². The minimum atomic E-state index is -1.60. The van der Waals surface area contributed by atoms with Gasteiger partial charge in [-0.1, -0.05) is 6.07 Å². The number of nitrogens with two attached hydrogens (primary N) is 1. The molecule has 0 aliphatic rings. The number of nitrogens with one attached hydrogen (secondary N) is 1. The van der Waals surface area contributed by atoms with E-state index in [1.54, 1.807) is 0 Å². The Kier molecular flexibility index (Phi) is 3.51. The predicted molar refractivity (Wildman–Crippen MR) is 67.4 cm³/mol. The van der Waals surface area contributed by atoms with E-state index >= 15 is 0 Å². The number of carbonyl (C=O) groups is 1. The lowest BCUT2D eigenvalue weighted by molar-refractivity contribution is 0.0698. The molecular weight excluding hydrogens is 273 g/mol. The van der Waals surface area contributed by atoms with Gasteiger partial charge in [0.2, 0.25) is 0 Å². The molecule has 0 aliphatic heterocycles. The number of aromatic carboxylic acids is 1. The van der Waals surface area contributed by atoms with Crippen LogP contribution in [0, 0.1) is 17.5 Å². The first-order valence-corrected chi connectivity index (χ1v) is 5.43. The average molecular weight is 282 g/mol. The lowest BCUT2D eigenvalue weighted by Gasteiger charge is -2.12. The number of hydrogen-bond acceptors (Lipinski definition) is 3. The number of halogens is 3. The Hall–Kier alpha value is -2.70. The van der Waals surface area contributed by atoms with Crippen LogP contribution < -0.4 is 11.1 Å². The van der Waals surface area contributed by atoms with Crippen molar-refractivity contribution in [2.75, 3.05) is 11.1 Å². The van der Waals surface area contributed by atoms with E-state index in [1.165, 1.54) is 18.2 Å². The van der Waals surface area contributed by atoms with Crippen molar-refractivity contribution in [1.82, 2.24) is 0 Å². The number of carboxylic acid groups (broad SMARTS) is 1. The third-order valence-corrected chi connectivity index (χ3v) is 2.58. The number of benzene rings is 2. The van der Waals surface area contributed by atoms with Crippen molar-refractivity contribution in [1.29, 1.82) is 0 Å². The largest absolute Gasteiger partial charge is 0.478 e. The van der Waals surface area contributed by atoms with Crippen molar-refractivity contribution < 1.29 is 23.1 Å². The topological polar surface area (TPSA) is 75.4 Å². The molecule has 0 unspecified atom stereocenters. The van der Waals surface area contributed by atoms with Crippen LogP contribution in [0.1, 0.15) is 10.4 Å². The van der Waals surface area contributed by atoms with Crippen LogP contribution in [0.4, 0.5) is 30.2 Å². The Morgan fingerprint density at radius 3 is 2.30 bits per heavy atom. The number of anilines is 3. The van der Waals surface area contributed by atoms with Crippen LogP contribution in [0.5, 0.6) is 0 Å². The van der Waals surface area contributed by atoms with Gasteiger partial charge in [0.05, 0.1) is 16.9 Å². The Balaban J connectivity index is 2.47. The maximum atomic E-state index is 13.1. The zero-order valence-electron chi connectivity index (χ0n) is 9.95. The second kappa shape index (κ2) is 5.12. The van der Waals surface area contributed by atoms with E-state index in [0.29, 0.717) is 12.1 Å². The normalized spacial score (nSPS) is 10.3. The second-order valence-electron chi connectivity index (χ2n) is 3.95. The Morgan fingerprint density at radius 1 is 1.15 bits per heavy atom. The molecule has 0 aromatic heterocycles. The van der Waals surface area contributed by atoms with Gasteiger partial charge in [0.1, 0.15) is 0 Å². The fourth-order valence-electron chi connectivity index (χ4n) is 1.66. The van der Waals surface area contributed by atoms with Gasteiger partial charge < -0.3 is 16.2 Å². The third-order valence-electron chi connectivity index (χ3n) is 2.58. The fourth-order valence-corrected chi connectivity index (χ4v) is 1.66. The molecule has 0 saturated heterocycles. The number of rotatable bonds is 3. The predicted octanol–water partition coefficient (Wildman–Crippen LogP) is 3.13. The van der Waals surface area contributed by atoms with Gasteiger partial charge in [-0.25, -0.2) is 18.0 Å². The molecule has 0 amide bonds. The Morgan fingerprint density at radius 2 is 1.75 bits per heavy atom. The molecule has 20 heavy (non-hydrogen) atoms. The van der Waals surface area contributed by atoms with Crippen LogP contribution in [-0.4, -0.2) is 11.1 Å². The highest BCUT2D eigenvalue weighted by Crippen LogP contribution is 2.28. The molecule has 2 rings (SSSR count). The summed E-state index contributed by atoms with van der Waals surface area (Å²) < 4.78 is 39.0. The molecule has 0 fully saturated rings. The smallest absolute Gasteiger partial charge is 0.337 e. The van der Waals surface area contributed by atoms with E-state index in [2.05, 4.69) is 5.32 Å². The lowest BCUT2D eigenvalue weighted by Crippen LogP contribution is -2.06. The summed E-state index contributed by atoms with van der Waals surface area (Å²) in [6.45, 7) is 0. The van der Waals surface area contributed by atoms with E-state index in [0.717, 1.165) is 0 Å². The van der Waals surface area contributed by atoms with E-state index in [1.807, 2.05) is 0 Å². The molecule has 0 aliphatic carbocycles. The standard InChI is InChI=1S/C13H9F3N2O2/c14-8-4-6(5-9(15)11(8)16)18-12-7(13(19)20)2-1-3-10(12)17/h1-5,18H,17H2,(H,19,20). The Bertz CT molecular complexity index is 666. The van der Waals surface area contributed by atoms with E-state index in [-0.39, 0.29) is 22.6 Å². The zero-order valence-corrected chi connectivity index (χ0v) is 9.95. The average Bonchev–Trinajstić information content (AvgIpc) is 2.38. The summed E-state index contributed by atoms with van der Waals surface area (Å²) in [6, 6.07) is 5.53. The van der Waals surface area contributed by atoms with Crippen molar-refractivity contribution in [2.45, 2.75) is 0 Å². The van der Waals surface area contributed by atoms with Crippen LogP contribution in [0.15, 0.2) is 30.3 Å². The molecule has 104 valence electrons. The van der Waals surface area contributed by atoms with Crippen LogP contribution >= 0.6 is 0 Å². The van der Waals surface area contributed by atoms with E-state index in [4.69, 9.17) is 10.8 Å². The molecular formula is C13H9F3N2O2. The van der Waals surface area contributed by atoms with Crippen molar-refractivity contribution in [3.8, 4) is 0 Å². The van der Waals surface area contributed by atoms with Gasteiger partial charge in [-0.3, -0.25) is 0 Å². The van der Waals surface area contributed by atoms with Gasteiger partial charge in [-0.05, 0) is 12.1 Å². The SMILES string of the molecule is Nc1cccc(C(=O)O)c1Nc1cc(F)c(F)c(F)c1. The molecule has 0 atom stereocenters. The number of para-hydroxylation sites is 1. The lowest BCUT2D eigenvalue weighted by atomic mass is 10.1. The van der Waals surface area contributed by atoms with Gasteiger partial charge in [0.25, 0.3) is 0 Å². The van der Waals surface area contributed by atoms with Crippen LogP contribution in [0.2, 0.25) is 0 Å². The summed E-state index contributed by atoms with van der Waals surface area (Å²) in [7, 11) is 0. The molecule has 0 heterocycles. The fraction of sp³-hybridized carbons (Fsp3) is 0. The van der Waals surface area contributed by atoms with Crippen LogP contribution in [0.25, 0.3) is 0 Å². The number of hydrogen-bond donors (Lipinski definition) is 3. The molecule has 0 radical (unpaired) electrons. The number of nitrogen functional groups attached to an aromatic ring is 1. The Labute approximate surface area is 111 Å². The summed E-state index contributed by atoms with van der Waals surface area (Å²) in [6.07, 6.45) is 0. The molecule has 2 aromatic rings. The minimum absolute atomic E-state index is 0.0228. The summed E-state index contributed by atoms with van der Waals surface area (Å²) >= 11 is 0. The highest BCUT2D eigenvalue weighted by molar-refractivity contribution is 5.98. The molecule has 4 nitrogen and oxygen atoms in total. The summed E-state index contributed by atoms with van der Waals surface area (Å²) in [5, 5.41) is 11.5. The first-order valence-electron chi connectivity index (χ1n) is 5.43. The first-order chi connectivity index (χ1) is 9.40. The van der Waals surface area contributed by atoms with Crippen LogP contribution in [-0.2, 0) is 0 Å². The molecule has 7 heteroatoms. The van der Waals surface area contributed by atoms with Crippen molar-refractivity contribution >= 4 is 23.0 Å². The maximum absolute atomic E-state index is 13.1. The third kappa shape index (κ3) is 2.51. The van der Waals surface area contributed by atoms with Crippen molar-refractivity contribution in [3.63, 3.8) is 0 Å². The molecule has 4 N–H and O–H groups in total. The molecule has 0 spiro atoms. The summed E-state index contributed by atoms with van der Waals surface area (Å²) in [4.78, 5) is 11.0. The molecule has 2 aromatic carbocycles. The van der Waals surface area contributed by atoms with Crippen molar-refractivity contribution in [2.24, 2.45) is 0 Å². The van der Waals surface area contributed by atoms with Gasteiger partial charge >= 0.3 is 5.97 Å². The van der Waals surface area contributed by atoms with Gasteiger partial charge in [0.15, 0.2) is 17.5 Å². The first kappa shape index (κ1) is 13.7. The highest BCUT2D eigenvalue weighted by atomic mass is 19.2. The highest BCUT2D eigenvalue weighted by Gasteiger charge is 2.15. The van der Waals surface area contributed by atoms with Crippen molar-refractivity contribution in [3.05, 3.63) is 53.3 Å². The maximum Gasteiger partial charge on any atom is 0.337 e. The van der Waals surface area contributed by atoms with Crippen LogP contribution in [0.3, 0.4) is 0 Å². The summed E-state index contributed by atoms with van der Waals surface area (Å²) in [5.74, 6) is -5.64.